The van der Waals surface area contributed by atoms with Crippen molar-refractivity contribution in [3.63, 3.8) is 0 Å². The van der Waals surface area contributed by atoms with Gasteiger partial charge in [-0.05, 0) is 93.0 Å². The highest BCUT2D eigenvalue weighted by molar-refractivity contribution is 6.18. The second kappa shape index (κ2) is 14.4. The topological polar surface area (TPSA) is 69.6 Å². The van der Waals surface area contributed by atoms with Gasteiger partial charge in [-0.2, -0.15) is 0 Å². The number of rotatable bonds is 6. The average molecular weight is 818 g/mol. The predicted octanol–water partition coefficient (Wildman–Crippen LogP) is 14.9. The largest absolute Gasteiger partial charge is 0.454 e. The number of benzene rings is 9. The molecule has 0 bridgehead atoms. The summed E-state index contributed by atoms with van der Waals surface area (Å²) in [4.78, 5) is 20.4. The van der Waals surface area contributed by atoms with Crippen molar-refractivity contribution in [1.29, 1.82) is 0 Å². The SMILES string of the molecule is c1ccc(-c2ccc3cc(-c4nc(-c5cccc(-c6cccc(-n7c8ccccc8c8ccc9ccccc9c87)c6)c5)nc(-c5cccc6oc7cccnc7c56)n4)ccc3c2)cc1. The van der Waals surface area contributed by atoms with Crippen LogP contribution in [0.25, 0.3) is 128 Å². The summed E-state index contributed by atoms with van der Waals surface area (Å²) in [6.07, 6.45) is 1.79. The number of nitrogens with zero attached hydrogens (tertiary/aromatic N) is 5. The first-order valence-corrected chi connectivity index (χ1v) is 21.4. The first-order chi connectivity index (χ1) is 31.7. The normalized spacial score (nSPS) is 11.8. The number of aromatic nitrogens is 5. The number of hydrogen-bond donors (Lipinski definition) is 0. The van der Waals surface area contributed by atoms with Gasteiger partial charge in [0, 0.05) is 44.7 Å². The van der Waals surface area contributed by atoms with Gasteiger partial charge in [-0.3, -0.25) is 4.98 Å². The molecule has 4 heterocycles. The van der Waals surface area contributed by atoms with Crippen LogP contribution in [0.5, 0.6) is 0 Å². The molecule has 0 saturated carbocycles. The van der Waals surface area contributed by atoms with E-state index in [-0.39, 0.29) is 0 Å². The van der Waals surface area contributed by atoms with E-state index >= 15 is 0 Å². The lowest BCUT2D eigenvalue weighted by Gasteiger charge is -2.13. The lowest BCUT2D eigenvalue weighted by molar-refractivity contribution is 0.668. The molecule has 6 nitrogen and oxygen atoms in total. The van der Waals surface area contributed by atoms with Crippen LogP contribution in [0.4, 0.5) is 0 Å². The van der Waals surface area contributed by atoms with Crippen molar-refractivity contribution in [1.82, 2.24) is 24.5 Å². The highest BCUT2D eigenvalue weighted by Crippen LogP contribution is 2.39. The van der Waals surface area contributed by atoms with Gasteiger partial charge in [-0.15, -0.1) is 0 Å². The molecule has 0 atom stereocenters. The molecule has 298 valence electrons. The van der Waals surface area contributed by atoms with Gasteiger partial charge in [-0.25, -0.2) is 15.0 Å². The lowest BCUT2D eigenvalue weighted by atomic mass is 9.99. The third-order valence-corrected chi connectivity index (χ3v) is 12.5. The molecule has 4 aromatic heterocycles. The first kappa shape index (κ1) is 36.0. The van der Waals surface area contributed by atoms with Gasteiger partial charge in [0.1, 0.15) is 11.1 Å². The maximum Gasteiger partial charge on any atom is 0.164 e. The fourth-order valence-corrected chi connectivity index (χ4v) is 9.44. The van der Waals surface area contributed by atoms with E-state index in [0.29, 0.717) is 23.1 Å². The third kappa shape index (κ3) is 5.88. The molecule has 0 radical (unpaired) electrons. The summed E-state index contributed by atoms with van der Waals surface area (Å²) in [5.41, 5.74) is 12.8. The van der Waals surface area contributed by atoms with Gasteiger partial charge >= 0.3 is 0 Å². The van der Waals surface area contributed by atoms with Crippen molar-refractivity contribution >= 4 is 65.4 Å². The molecule has 0 fully saturated rings. The zero-order chi connectivity index (χ0) is 42.1. The first-order valence-electron chi connectivity index (χ1n) is 21.4. The minimum Gasteiger partial charge on any atom is -0.454 e. The van der Waals surface area contributed by atoms with Crippen LogP contribution in [-0.4, -0.2) is 24.5 Å². The van der Waals surface area contributed by atoms with Crippen molar-refractivity contribution in [3.05, 3.63) is 212 Å². The second-order valence-electron chi connectivity index (χ2n) is 16.2. The Morgan fingerprint density at radius 1 is 0.375 bits per heavy atom. The number of pyridine rings is 1. The fraction of sp³-hybridized carbons (Fsp3) is 0. The van der Waals surface area contributed by atoms with E-state index in [1.807, 2.05) is 36.4 Å². The molecule has 9 aromatic carbocycles. The van der Waals surface area contributed by atoms with Gasteiger partial charge in [-0.1, -0.05) is 152 Å². The van der Waals surface area contributed by atoms with Gasteiger partial charge in [0.15, 0.2) is 23.1 Å². The Morgan fingerprint density at radius 2 is 1.00 bits per heavy atom. The number of furan rings is 1. The van der Waals surface area contributed by atoms with Crippen LogP contribution in [0.15, 0.2) is 217 Å². The van der Waals surface area contributed by atoms with Crippen LogP contribution >= 0.6 is 0 Å². The summed E-state index contributed by atoms with van der Waals surface area (Å²) < 4.78 is 8.68. The Hall–Kier alpha value is -8.74. The molecule has 64 heavy (non-hydrogen) atoms. The lowest BCUT2D eigenvalue weighted by Crippen LogP contribution is -2.01. The molecular formula is C58H35N5O. The highest BCUT2D eigenvalue weighted by atomic mass is 16.3. The van der Waals surface area contributed by atoms with E-state index in [1.54, 1.807) is 6.20 Å². The van der Waals surface area contributed by atoms with Crippen molar-refractivity contribution in [2.24, 2.45) is 0 Å². The summed E-state index contributed by atoms with van der Waals surface area (Å²) >= 11 is 0. The summed E-state index contributed by atoms with van der Waals surface area (Å²) in [6.45, 7) is 0. The van der Waals surface area contributed by atoms with Gasteiger partial charge < -0.3 is 8.98 Å². The molecular weight excluding hydrogens is 783 g/mol. The molecule has 6 heteroatoms. The van der Waals surface area contributed by atoms with Crippen LogP contribution in [-0.2, 0) is 0 Å². The Kier molecular flexibility index (Phi) is 8.11. The molecule has 0 N–H and O–H groups in total. The van der Waals surface area contributed by atoms with E-state index in [1.165, 1.54) is 43.7 Å². The van der Waals surface area contributed by atoms with Crippen molar-refractivity contribution in [2.75, 3.05) is 0 Å². The summed E-state index contributed by atoms with van der Waals surface area (Å²) in [7, 11) is 0. The minimum atomic E-state index is 0.546. The quantitative estimate of drug-likeness (QED) is 0.167. The molecule has 0 amide bonds. The van der Waals surface area contributed by atoms with Gasteiger partial charge in [0.25, 0.3) is 0 Å². The van der Waals surface area contributed by atoms with Crippen LogP contribution < -0.4 is 0 Å². The van der Waals surface area contributed by atoms with Crippen molar-refractivity contribution in [2.45, 2.75) is 0 Å². The highest BCUT2D eigenvalue weighted by Gasteiger charge is 2.20. The van der Waals surface area contributed by atoms with E-state index in [2.05, 4.69) is 174 Å². The molecule has 0 aliphatic rings. The predicted molar refractivity (Wildman–Crippen MR) is 261 cm³/mol. The standard InChI is InChI=1S/C58H35N5O/c1-2-12-36(13-3-1)40-25-26-42-34-44(28-27-41(42)32-40)57-60-56(61-58(62-57)49-21-10-23-51-53(49)54-52(64-51)24-11-31-59-54)43-17-8-15-38(33-43)39-16-9-18-45(35-39)63-50-22-7-6-20-47(50)48-30-29-37-14-4-5-19-46(37)55(48)63/h1-35H. The summed E-state index contributed by atoms with van der Waals surface area (Å²) in [6, 6.07) is 72.4. The number of fused-ring (bicyclic) bond motifs is 9. The Bertz CT molecular complexity index is 3980. The number of para-hydroxylation sites is 1. The summed E-state index contributed by atoms with van der Waals surface area (Å²) in [5, 5.41) is 8.03. The van der Waals surface area contributed by atoms with Gasteiger partial charge in [0.05, 0.1) is 16.4 Å². The van der Waals surface area contributed by atoms with Crippen molar-refractivity contribution < 1.29 is 4.42 Å². The van der Waals surface area contributed by atoms with Crippen molar-refractivity contribution in [3.8, 4) is 62.1 Å². The van der Waals surface area contributed by atoms with Gasteiger partial charge in [0.2, 0.25) is 0 Å². The Morgan fingerprint density at radius 3 is 1.88 bits per heavy atom. The van der Waals surface area contributed by atoms with E-state index in [4.69, 9.17) is 24.4 Å². The Balaban J connectivity index is 0.965. The number of hydrogen-bond acceptors (Lipinski definition) is 5. The molecule has 13 aromatic rings. The van der Waals surface area contributed by atoms with Crippen LogP contribution in [0.1, 0.15) is 0 Å². The zero-order valence-corrected chi connectivity index (χ0v) is 34.4. The molecule has 0 unspecified atom stereocenters. The smallest absolute Gasteiger partial charge is 0.164 e. The molecule has 0 saturated heterocycles. The molecule has 0 aliphatic carbocycles. The summed E-state index contributed by atoms with van der Waals surface area (Å²) in [5.74, 6) is 1.70. The molecule has 0 aliphatic heterocycles. The van der Waals surface area contributed by atoms with E-state index < -0.39 is 0 Å². The van der Waals surface area contributed by atoms with Crippen LogP contribution in [0.3, 0.4) is 0 Å². The third-order valence-electron chi connectivity index (χ3n) is 12.5. The van der Waals surface area contributed by atoms with E-state index in [0.717, 1.165) is 60.8 Å². The molecule has 0 spiro atoms. The zero-order valence-electron chi connectivity index (χ0n) is 34.4. The average Bonchev–Trinajstić information content (AvgIpc) is 3.93. The monoisotopic (exact) mass is 817 g/mol. The fourth-order valence-electron chi connectivity index (χ4n) is 9.44. The Labute approximate surface area is 367 Å². The molecule has 13 rings (SSSR count). The maximum absolute atomic E-state index is 6.27. The van der Waals surface area contributed by atoms with Crippen LogP contribution in [0.2, 0.25) is 0 Å². The maximum atomic E-state index is 6.27. The minimum absolute atomic E-state index is 0.546. The van der Waals surface area contributed by atoms with Crippen LogP contribution in [0, 0.1) is 0 Å². The van der Waals surface area contributed by atoms with E-state index in [9.17, 15) is 0 Å². The second-order valence-corrected chi connectivity index (χ2v) is 16.2.